The molecule has 0 aliphatic heterocycles. The van der Waals surface area contributed by atoms with Crippen LogP contribution >= 0.6 is 0 Å². The van der Waals surface area contributed by atoms with E-state index in [4.69, 9.17) is 0 Å². The molecule has 0 bridgehead atoms. The fourth-order valence-electron chi connectivity index (χ4n) is 1.88. The van der Waals surface area contributed by atoms with Crippen LogP contribution in [0.2, 0.25) is 0 Å². The molecule has 5 heteroatoms. The summed E-state index contributed by atoms with van der Waals surface area (Å²) in [7, 11) is 1.83. The number of nitrogens with zero attached hydrogens (tertiary/aromatic N) is 4. The molecule has 0 fully saturated rings. The van der Waals surface area contributed by atoms with E-state index in [-0.39, 0.29) is 0 Å². The lowest BCUT2D eigenvalue weighted by Gasteiger charge is -2.12. The number of hydrogen-bond donors (Lipinski definition) is 1. The molecular weight excluding hydrogens is 204 g/mol. The van der Waals surface area contributed by atoms with E-state index in [0.29, 0.717) is 0 Å². The van der Waals surface area contributed by atoms with Crippen LogP contribution in [0.1, 0.15) is 30.1 Å². The Morgan fingerprint density at radius 3 is 2.75 bits per heavy atom. The number of aryl methyl sites for hydroxylation is 3. The largest absolute Gasteiger partial charge is 0.380 e. The highest BCUT2D eigenvalue weighted by Gasteiger charge is 2.18. The summed E-state index contributed by atoms with van der Waals surface area (Å²) in [6, 6.07) is 3.72. The third-order valence-corrected chi connectivity index (χ3v) is 2.65. The number of rotatable bonds is 3. The van der Waals surface area contributed by atoms with Crippen LogP contribution in [0.5, 0.6) is 0 Å². The van der Waals surface area contributed by atoms with Crippen molar-refractivity contribution >= 4 is 0 Å². The van der Waals surface area contributed by atoms with Crippen molar-refractivity contribution in [2.45, 2.75) is 26.5 Å². The minimum Gasteiger partial charge on any atom is -0.380 e. The van der Waals surface area contributed by atoms with Crippen LogP contribution in [-0.4, -0.2) is 24.7 Å². The van der Waals surface area contributed by atoms with Gasteiger partial charge in [0.25, 0.3) is 0 Å². The standard InChI is InChI=1S/C11H16N4O/c1-4-15-9(5-6-12-15)11(16)10-7-8(2)13-14(10)3/h5-7,11,16H,4H2,1-3H3. The molecule has 2 aromatic heterocycles. The van der Waals surface area contributed by atoms with Gasteiger partial charge in [-0.05, 0) is 26.0 Å². The minimum absolute atomic E-state index is 0.673. The van der Waals surface area contributed by atoms with Crippen LogP contribution in [0.15, 0.2) is 18.3 Å². The van der Waals surface area contributed by atoms with E-state index in [9.17, 15) is 5.11 Å². The monoisotopic (exact) mass is 220 g/mol. The van der Waals surface area contributed by atoms with Crippen molar-refractivity contribution in [3.8, 4) is 0 Å². The Labute approximate surface area is 94.3 Å². The van der Waals surface area contributed by atoms with Crippen molar-refractivity contribution < 1.29 is 5.11 Å². The third-order valence-electron chi connectivity index (χ3n) is 2.65. The van der Waals surface area contributed by atoms with E-state index in [0.717, 1.165) is 23.6 Å². The number of aromatic nitrogens is 4. The predicted molar refractivity (Wildman–Crippen MR) is 59.9 cm³/mol. The average Bonchev–Trinajstić information content (AvgIpc) is 2.83. The molecule has 2 aromatic rings. The van der Waals surface area contributed by atoms with Crippen LogP contribution in [0.4, 0.5) is 0 Å². The SMILES string of the molecule is CCn1nccc1C(O)c1cc(C)nn1C. The Bertz CT molecular complexity index is 486. The van der Waals surface area contributed by atoms with Crippen molar-refractivity contribution in [2.24, 2.45) is 7.05 Å². The second kappa shape index (κ2) is 4.09. The molecule has 0 radical (unpaired) electrons. The normalized spacial score (nSPS) is 13.0. The highest BCUT2D eigenvalue weighted by molar-refractivity contribution is 5.21. The van der Waals surface area contributed by atoms with Crippen LogP contribution in [0.25, 0.3) is 0 Å². The van der Waals surface area contributed by atoms with E-state index in [1.807, 2.05) is 33.0 Å². The molecule has 0 amide bonds. The summed E-state index contributed by atoms with van der Waals surface area (Å²) in [6.07, 6.45) is 1.03. The van der Waals surface area contributed by atoms with Gasteiger partial charge in [0.05, 0.1) is 17.1 Å². The molecule has 0 aromatic carbocycles. The maximum absolute atomic E-state index is 10.3. The van der Waals surface area contributed by atoms with Crippen molar-refractivity contribution in [2.75, 3.05) is 0 Å². The molecule has 5 nitrogen and oxygen atoms in total. The van der Waals surface area contributed by atoms with Crippen molar-refractivity contribution in [1.29, 1.82) is 0 Å². The summed E-state index contributed by atoms with van der Waals surface area (Å²) in [5, 5.41) is 18.6. The van der Waals surface area contributed by atoms with E-state index < -0.39 is 6.10 Å². The van der Waals surface area contributed by atoms with Gasteiger partial charge in [0.2, 0.25) is 0 Å². The van der Waals surface area contributed by atoms with Gasteiger partial charge in [0.15, 0.2) is 0 Å². The van der Waals surface area contributed by atoms with Crippen molar-refractivity contribution in [1.82, 2.24) is 19.6 Å². The molecule has 1 unspecified atom stereocenters. The Kier molecular flexibility index (Phi) is 2.78. The smallest absolute Gasteiger partial charge is 0.137 e. The molecule has 0 spiro atoms. The molecule has 0 aliphatic rings. The van der Waals surface area contributed by atoms with Gasteiger partial charge < -0.3 is 5.11 Å². The zero-order valence-corrected chi connectivity index (χ0v) is 9.75. The molecule has 1 N–H and O–H groups in total. The summed E-state index contributed by atoms with van der Waals surface area (Å²) in [4.78, 5) is 0. The van der Waals surface area contributed by atoms with E-state index in [2.05, 4.69) is 10.2 Å². The second-order valence-electron chi connectivity index (χ2n) is 3.81. The van der Waals surface area contributed by atoms with Gasteiger partial charge in [0, 0.05) is 19.8 Å². The Balaban J connectivity index is 2.38. The highest BCUT2D eigenvalue weighted by atomic mass is 16.3. The number of aliphatic hydroxyl groups excluding tert-OH is 1. The van der Waals surface area contributed by atoms with Gasteiger partial charge in [-0.3, -0.25) is 9.36 Å². The van der Waals surface area contributed by atoms with Gasteiger partial charge in [0.1, 0.15) is 6.10 Å². The molecule has 2 heterocycles. The third kappa shape index (κ3) is 1.74. The summed E-state index contributed by atoms with van der Waals surface area (Å²) in [6.45, 7) is 4.65. The molecule has 2 rings (SSSR count). The first kappa shape index (κ1) is 10.9. The molecule has 1 atom stereocenters. The summed E-state index contributed by atoms with van der Waals surface area (Å²) in [5.74, 6) is 0. The Hall–Kier alpha value is -1.62. The van der Waals surface area contributed by atoms with Crippen LogP contribution in [-0.2, 0) is 13.6 Å². The Morgan fingerprint density at radius 2 is 2.19 bits per heavy atom. The highest BCUT2D eigenvalue weighted by Crippen LogP contribution is 2.21. The molecule has 0 saturated carbocycles. The number of hydrogen-bond acceptors (Lipinski definition) is 3. The lowest BCUT2D eigenvalue weighted by atomic mass is 10.2. The zero-order valence-electron chi connectivity index (χ0n) is 9.75. The van der Waals surface area contributed by atoms with Gasteiger partial charge in [-0.1, -0.05) is 0 Å². The summed E-state index contributed by atoms with van der Waals surface area (Å²) >= 11 is 0. The fraction of sp³-hybridized carbons (Fsp3) is 0.455. The van der Waals surface area contributed by atoms with Crippen LogP contribution in [0, 0.1) is 6.92 Å². The first-order chi connectivity index (χ1) is 7.63. The van der Waals surface area contributed by atoms with E-state index in [1.54, 1.807) is 15.6 Å². The van der Waals surface area contributed by atoms with E-state index >= 15 is 0 Å². The predicted octanol–water partition coefficient (Wildman–Crippen LogP) is 1.03. The summed E-state index contributed by atoms with van der Waals surface area (Å²) < 4.78 is 3.49. The zero-order chi connectivity index (χ0) is 11.7. The molecule has 0 aliphatic carbocycles. The van der Waals surface area contributed by atoms with Crippen molar-refractivity contribution in [3.63, 3.8) is 0 Å². The second-order valence-corrected chi connectivity index (χ2v) is 3.81. The van der Waals surface area contributed by atoms with E-state index in [1.165, 1.54) is 0 Å². The molecule has 16 heavy (non-hydrogen) atoms. The molecule has 0 saturated heterocycles. The quantitative estimate of drug-likeness (QED) is 0.840. The first-order valence-corrected chi connectivity index (χ1v) is 5.33. The molecule has 86 valence electrons. The fourth-order valence-corrected chi connectivity index (χ4v) is 1.88. The lowest BCUT2D eigenvalue weighted by molar-refractivity contribution is 0.198. The minimum atomic E-state index is -0.673. The lowest BCUT2D eigenvalue weighted by Crippen LogP contribution is -2.12. The van der Waals surface area contributed by atoms with Gasteiger partial charge in [-0.25, -0.2) is 0 Å². The maximum atomic E-state index is 10.3. The van der Waals surface area contributed by atoms with Gasteiger partial charge in [-0.2, -0.15) is 10.2 Å². The van der Waals surface area contributed by atoms with Gasteiger partial charge >= 0.3 is 0 Å². The average molecular weight is 220 g/mol. The molecular formula is C11H16N4O. The maximum Gasteiger partial charge on any atom is 0.137 e. The summed E-state index contributed by atoms with van der Waals surface area (Å²) in [5.41, 5.74) is 2.48. The van der Waals surface area contributed by atoms with Crippen LogP contribution in [0.3, 0.4) is 0 Å². The Morgan fingerprint density at radius 1 is 1.44 bits per heavy atom. The first-order valence-electron chi connectivity index (χ1n) is 5.33. The van der Waals surface area contributed by atoms with Gasteiger partial charge in [-0.15, -0.1) is 0 Å². The topological polar surface area (TPSA) is 55.9 Å². The van der Waals surface area contributed by atoms with Crippen molar-refractivity contribution in [3.05, 3.63) is 35.4 Å². The van der Waals surface area contributed by atoms with Crippen LogP contribution < -0.4 is 0 Å². The number of aliphatic hydroxyl groups is 1.